The Labute approximate surface area is 172 Å². The summed E-state index contributed by atoms with van der Waals surface area (Å²) in [5.41, 5.74) is 0. The van der Waals surface area contributed by atoms with Gasteiger partial charge in [-0.2, -0.15) is 0 Å². The van der Waals surface area contributed by atoms with Gasteiger partial charge in [0.05, 0.1) is 12.3 Å². The van der Waals surface area contributed by atoms with E-state index in [-0.39, 0.29) is 35.8 Å². The predicted octanol–water partition coefficient (Wildman–Crippen LogP) is 0.764. The van der Waals surface area contributed by atoms with Crippen LogP contribution in [-0.2, 0) is 10.0 Å². The van der Waals surface area contributed by atoms with Gasteiger partial charge in [-0.1, -0.05) is 6.07 Å². The smallest absolute Gasteiger partial charge is 0.214 e. The first-order valence-corrected chi connectivity index (χ1v) is 10.2. The summed E-state index contributed by atoms with van der Waals surface area (Å²) in [6.45, 7) is 3.22. The molecule has 0 aliphatic carbocycles. The summed E-state index contributed by atoms with van der Waals surface area (Å²) in [6.07, 6.45) is 3.41. The highest BCUT2D eigenvalue weighted by atomic mass is 127. The topological polar surface area (TPSA) is 87.1 Å². The number of hydrogen-bond acceptors (Lipinski definition) is 5. The quantitative estimate of drug-likeness (QED) is 0.369. The lowest BCUT2D eigenvalue weighted by Crippen LogP contribution is -2.44. The van der Waals surface area contributed by atoms with Crippen molar-refractivity contribution >= 4 is 40.0 Å². The summed E-state index contributed by atoms with van der Waals surface area (Å²) < 4.78 is 31.1. The summed E-state index contributed by atoms with van der Waals surface area (Å²) in [5, 5.41) is 3.26. The molecule has 0 spiro atoms. The average Bonchev–Trinajstić information content (AvgIpc) is 3.19. The van der Waals surface area contributed by atoms with Crippen molar-refractivity contribution in [3.63, 3.8) is 0 Å². The van der Waals surface area contributed by atoms with Crippen LogP contribution in [0.4, 0.5) is 0 Å². The molecule has 2 saturated heterocycles. The van der Waals surface area contributed by atoms with Crippen LogP contribution in [0.1, 0.15) is 12.8 Å². The molecule has 2 fully saturated rings. The van der Waals surface area contributed by atoms with Gasteiger partial charge in [-0.25, -0.2) is 17.7 Å². The molecule has 8 nitrogen and oxygen atoms in total. The standard InChI is InChI=1S/C16H25N5O3S.HI/c1-17-16(19-8-11-21-9-4-12-25(21,22)23)20-10-6-14(13-20)24-15-5-2-3-7-18-15;/h2-3,5,7,14H,4,6,8-13H2,1H3,(H,17,19);1H. The second-order valence-corrected chi connectivity index (χ2v) is 8.27. The van der Waals surface area contributed by atoms with E-state index in [2.05, 4.69) is 20.2 Å². The van der Waals surface area contributed by atoms with Crippen LogP contribution in [0.5, 0.6) is 5.88 Å². The lowest BCUT2D eigenvalue weighted by molar-refractivity contribution is 0.205. The Bertz CT molecular complexity index is 701. The van der Waals surface area contributed by atoms with Gasteiger partial charge < -0.3 is 15.0 Å². The molecule has 1 aromatic rings. The van der Waals surface area contributed by atoms with Crippen LogP contribution in [0.3, 0.4) is 0 Å². The van der Waals surface area contributed by atoms with E-state index in [4.69, 9.17) is 4.74 Å². The summed E-state index contributed by atoms with van der Waals surface area (Å²) in [5.74, 6) is 1.68. The zero-order valence-electron chi connectivity index (χ0n) is 14.9. The van der Waals surface area contributed by atoms with Gasteiger partial charge >= 0.3 is 0 Å². The number of sulfonamides is 1. The Kier molecular flexibility index (Phi) is 7.89. The fourth-order valence-corrected chi connectivity index (χ4v) is 4.70. The number of guanidine groups is 1. The molecule has 0 saturated carbocycles. The zero-order chi connectivity index (χ0) is 17.7. The van der Waals surface area contributed by atoms with E-state index in [1.807, 2.05) is 18.2 Å². The predicted molar refractivity (Wildman–Crippen MR) is 112 cm³/mol. The van der Waals surface area contributed by atoms with Crippen LogP contribution in [0, 0.1) is 0 Å². The first-order valence-electron chi connectivity index (χ1n) is 8.59. The van der Waals surface area contributed by atoms with Gasteiger partial charge in [0.2, 0.25) is 15.9 Å². The molecule has 3 heterocycles. The number of hydrogen-bond donors (Lipinski definition) is 1. The number of nitrogens with zero attached hydrogens (tertiary/aromatic N) is 4. The van der Waals surface area contributed by atoms with Crippen molar-refractivity contribution in [3.8, 4) is 5.88 Å². The van der Waals surface area contributed by atoms with Crippen molar-refractivity contribution in [2.24, 2.45) is 4.99 Å². The van der Waals surface area contributed by atoms with E-state index >= 15 is 0 Å². The molecule has 2 aliphatic rings. The highest BCUT2D eigenvalue weighted by molar-refractivity contribution is 14.0. The van der Waals surface area contributed by atoms with Crippen molar-refractivity contribution in [3.05, 3.63) is 24.4 Å². The van der Waals surface area contributed by atoms with Crippen molar-refractivity contribution in [1.29, 1.82) is 0 Å². The van der Waals surface area contributed by atoms with Crippen LogP contribution in [0.15, 0.2) is 29.4 Å². The van der Waals surface area contributed by atoms with Crippen LogP contribution in [0.25, 0.3) is 0 Å². The molecule has 10 heteroatoms. The van der Waals surface area contributed by atoms with Gasteiger partial charge in [0, 0.05) is 51.9 Å². The fraction of sp³-hybridized carbons (Fsp3) is 0.625. The van der Waals surface area contributed by atoms with Crippen LogP contribution in [-0.4, -0.2) is 80.2 Å². The van der Waals surface area contributed by atoms with Crippen molar-refractivity contribution in [2.75, 3.05) is 45.5 Å². The third-order valence-electron chi connectivity index (χ3n) is 4.43. The summed E-state index contributed by atoms with van der Waals surface area (Å²) >= 11 is 0. The lowest BCUT2D eigenvalue weighted by Gasteiger charge is -2.23. The Morgan fingerprint density at radius 2 is 2.27 bits per heavy atom. The van der Waals surface area contributed by atoms with Crippen molar-refractivity contribution in [1.82, 2.24) is 19.5 Å². The van der Waals surface area contributed by atoms with Gasteiger partial charge in [-0.3, -0.25) is 4.99 Å². The van der Waals surface area contributed by atoms with E-state index in [1.165, 1.54) is 0 Å². The van der Waals surface area contributed by atoms with Crippen LogP contribution < -0.4 is 10.1 Å². The molecule has 1 atom stereocenters. The Hall–Kier alpha value is -1.14. The van der Waals surface area contributed by atoms with Gasteiger partial charge in [0.15, 0.2) is 5.96 Å². The number of halogens is 1. The summed E-state index contributed by atoms with van der Waals surface area (Å²) in [7, 11) is -1.30. The number of nitrogens with one attached hydrogen (secondary N) is 1. The molecule has 1 N–H and O–H groups in total. The van der Waals surface area contributed by atoms with E-state index in [0.717, 1.165) is 31.9 Å². The van der Waals surface area contributed by atoms with Gasteiger partial charge in [-0.15, -0.1) is 24.0 Å². The minimum atomic E-state index is -3.04. The molecule has 0 bridgehead atoms. The summed E-state index contributed by atoms with van der Waals surface area (Å²) in [6, 6.07) is 5.62. The minimum Gasteiger partial charge on any atom is -0.472 e. The van der Waals surface area contributed by atoms with E-state index in [9.17, 15) is 8.42 Å². The van der Waals surface area contributed by atoms with Crippen molar-refractivity contribution in [2.45, 2.75) is 18.9 Å². The second-order valence-electron chi connectivity index (χ2n) is 6.19. The first kappa shape index (κ1) is 21.2. The molecular formula is C16H26IN5O3S. The molecule has 1 unspecified atom stereocenters. The number of aliphatic imine (C=N–C) groups is 1. The lowest BCUT2D eigenvalue weighted by atomic mass is 10.3. The molecule has 3 rings (SSSR count). The highest BCUT2D eigenvalue weighted by Crippen LogP contribution is 2.16. The van der Waals surface area contributed by atoms with E-state index < -0.39 is 10.0 Å². The van der Waals surface area contributed by atoms with Gasteiger partial charge in [0.25, 0.3) is 0 Å². The maximum atomic E-state index is 11.8. The van der Waals surface area contributed by atoms with Gasteiger partial charge in [0.1, 0.15) is 6.10 Å². The molecule has 0 radical (unpaired) electrons. The Morgan fingerprint density at radius 3 is 2.92 bits per heavy atom. The van der Waals surface area contributed by atoms with Crippen LogP contribution >= 0.6 is 24.0 Å². The largest absolute Gasteiger partial charge is 0.472 e. The SMILES string of the molecule is CN=C(NCCN1CCCS1(=O)=O)N1CCC(Oc2ccccn2)C1.I. The number of pyridine rings is 1. The number of aromatic nitrogens is 1. The fourth-order valence-electron chi connectivity index (χ4n) is 3.17. The Balaban J connectivity index is 0.00000243. The van der Waals surface area contributed by atoms with Crippen LogP contribution in [0.2, 0.25) is 0 Å². The normalized spacial score (nSPS) is 22.9. The third kappa shape index (κ3) is 5.43. The molecule has 146 valence electrons. The highest BCUT2D eigenvalue weighted by Gasteiger charge is 2.29. The minimum absolute atomic E-state index is 0. The number of likely N-dealkylation sites (tertiary alicyclic amines) is 1. The molecule has 2 aliphatic heterocycles. The summed E-state index contributed by atoms with van der Waals surface area (Å²) in [4.78, 5) is 10.6. The number of ether oxygens (including phenoxy) is 1. The number of rotatable bonds is 5. The zero-order valence-corrected chi connectivity index (χ0v) is 18.0. The Morgan fingerprint density at radius 1 is 1.42 bits per heavy atom. The molecule has 0 aromatic carbocycles. The first-order chi connectivity index (χ1) is 12.1. The second kappa shape index (κ2) is 9.70. The maximum absolute atomic E-state index is 11.8. The molecule has 1 aromatic heterocycles. The average molecular weight is 495 g/mol. The monoisotopic (exact) mass is 495 g/mol. The van der Waals surface area contributed by atoms with E-state index in [0.29, 0.717) is 25.5 Å². The maximum Gasteiger partial charge on any atom is 0.214 e. The third-order valence-corrected chi connectivity index (χ3v) is 6.39. The molecule has 26 heavy (non-hydrogen) atoms. The van der Waals surface area contributed by atoms with Crippen molar-refractivity contribution < 1.29 is 13.2 Å². The van der Waals surface area contributed by atoms with E-state index in [1.54, 1.807) is 17.5 Å². The van der Waals surface area contributed by atoms with Gasteiger partial charge in [-0.05, 0) is 12.5 Å². The molecule has 0 amide bonds. The molecular weight excluding hydrogens is 469 g/mol.